The maximum Gasteiger partial charge on any atom is 0.101 e. The smallest absolute Gasteiger partial charge is 0.101 e. The van der Waals surface area contributed by atoms with Crippen molar-refractivity contribution in [1.82, 2.24) is 0 Å². The van der Waals surface area contributed by atoms with Crippen molar-refractivity contribution in [3.63, 3.8) is 0 Å². The van der Waals surface area contributed by atoms with E-state index >= 15 is 0 Å². The molecule has 0 bridgehead atoms. The van der Waals surface area contributed by atoms with Crippen LogP contribution in [0.4, 0.5) is 0 Å². The number of hydrogen-bond donors (Lipinski definition) is 0. The highest BCUT2D eigenvalue weighted by Crippen LogP contribution is 2.39. The molecule has 1 heterocycles. The lowest BCUT2D eigenvalue weighted by atomic mass is 9.71. The Labute approximate surface area is 158 Å². The van der Waals surface area contributed by atoms with Gasteiger partial charge in [-0.25, -0.2) is 0 Å². The summed E-state index contributed by atoms with van der Waals surface area (Å²) >= 11 is 0. The first-order valence-corrected chi connectivity index (χ1v) is 9.39. The molecule has 3 rings (SSSR count). The van der Waals surface area contributed by atoms with Crippen molar-refractivity contribution in [3.05, 3.63) is 68.3 Å². The van der Waals surface area contributed by atoms with Crippen molar-refractivity contribution in [2.75, 3.05) is 0 Å². The summed E-state index contributed by atoms with van der Waals surface area (Å²) in [5.41, 5.74) is 13.7. The summed E-state index contributed by atoms with van der Waals surface area (Å²) in [4.78, 5) is 0. The molecular formula is C24H30N2. The number of benzene rings is 2. The van der Waals surface area contributed by atoms with E-state index in [2.05, 4.69) is 85.6 Å². The monoisotopic (exact) mass is 346 g/mol. The maximum absolute atomic E-state index is 4.76. The molecule has 0 saturated heterocycles. The average Bonchev–Trinajstić information content (AvgIpc) is 2.69. The molecule has 2 aromatic carbocycles. The van der Waals surface area contributed by atoms with Gasteiger partial charge in [-0.2, -0.15) is 5.10 Å². The second-order valence-corrected chi connectivity index (χ2v) is 8.31. The molecule has 0 saturated carbocycles. The van der Waals surface area contributed by atoms with Gasteiger partial charge in [0.15, 0.2) is 0 Å². The average molecular weight is 347 g/mol. The molecule has 2 nitrogen and oxygen atoms in total. The van der Waals surface area contributed by atoms with E-state index in [0.29, 0.717) is 0 Å². The minimum absolute atomic E-state index is 0.145. The zero-order valence-corrected chi connectivity index (χ0v) is 17.6. The second-order valence-electron chi connectivity index (χ2n) is 8.31. The van der Waals surface area contributed by atoms with Crippen LogP contribution in [-0.2, 0) is 5.41 Å². The van der Waals surface area contributed by atoms with E-state index in [0.717, 1.165) is 17.0 Å². The Morgan fingerprint density at radius 2 is 1.31 bits per heavy atom. The number of hydrogen-bond acceptors (Lipinski definition) is 2. The Kier molecular flexibility index (Phi) is 4.42. The number of aryl methyl sites for hydroxylation is 2. The fraction of sp³-hybridized carbons (Fsp3) is 0.417. The van der Waals surface area contributed by atoms with Gasteiger partial charge in [0.1, 0.15) is 5.71 Å². The summed E-state index contributed by atoms with van der Waals surface area (Å²) in [6.07, 6.45) is 0. The quantitative estimate of drug-likeness (QED) is 0.601. The molecule has 0 amide bonds. The Hall–Kier alpha value is -2.22. The molecule has 1 aliphatic heterocycles. The van der Waals surface area contributed by atoms with Gasteiger partial charge < -0.3 is 0 Å². The first kappa shape index (κ1) is 18.6. The lowest BCUT2D eigenvalue weighted by molar-refractivity contribution is 0.702. The van der Waals surface area contributed by atoms with Crippen LogP contribution in [0, 0.1) is 41.5 Å². The van der Waals surface area contributed by atoms with E-state index in [-0.39, 0.29) is 5.41 Å². The van der Waals surface area contributed by atoms with Gasteiger partial charge in [0, 0.05) is 22.3 Å². The Bertz CT molecular complexity index is 972. The highest BCUT2D eigenvalue weighted by atomic mass is 15.2. The highest BCUT2D eigenvalue weighted by molar-refractivity contribution is 6.17. The van der Waals surface area contributed by atoms with E-state index in [1.165, 1.54) is 44.5 Å². The SMILES string of the molecule is CC1=NN=C(c2ccc(C)c(C)c2)c2c(C)c(C)c(C)c(C)c2C1(C)C. The van der Waals surface area contributed by atoms with Crippen LogP contribution in [0.15, 0.2) is 28.4 Å². The zero-order chi connectivity index (χ0) is 19.4. The van der Waals surface area contributed by atoms with Crippen LogP contribution in [-0.4, -0.2) is 11.4 Å². The largest absolute Gasteiger partial charge is 0.159 e. The summed E-state index contributed by atoms with van der Waals surface area (Å²) in [5.74, 6) is 0. The third-order valence-electron chi connectivity index (χ3n) is 6.53. The van der Waals surface area contributed by atoms with Gasteiger partial charge in [-0.15, -0.1) is 5.10 Å². The molecule has 1 aliphatic rings. The van der Waals surface area contributed by atoms with Crippen LogP contribution in [0.5, 0.6) is 0 Å². The van der Waals surface area contributed by atoms with Crippen molar-refractivity contribution < 1.29 is 0 Å². The van der Waals surface area contributed by atoms with Crippen molar-refractivity contribution in [3.8, 4) is 0 Å². The second kappa shape index (κ2) is 6.19. The van der Waals surface area contributed by atoms with Gasteiger partial charge in [0.25, 0.3) is 0 Å². The molecule has 2 aromatic rings. The molecule has 0 aromatic heterocycles. The van der Waals surface area contributed by atoms with Crippen LogP contribution < -0.4 is 0 Å². The lowest BCUT2D eigenvalue weighted by Gasteiger charge is -2.31. The normalized spacial score (nSPS) is 15.9. The summed E-state index contributed by atoms with van der Waals surface area (Å²) < 4.78 is 0. The maximum atomic E-state index is 4.76. The molecular weight excluding hydrogens is 316 g/mol. The minimum Gasteiger partial charge on any atom is -0.159 e. The van der Waals surface area contributed by atoms with Gasteiger partial charge in [-0.3, -0.25) is 0 Å². The van der Waals surface area contributed by atoms with Crippen LogP contribution in [0.2, 0.25) is 0 Å². The lowest BCUT2D eigenvalue weighted by Crippen LogP contribution is -2.30. The molecule has 136 valence electrons. The molecule has 0 fully saturated rings. The molecule has 0 N–H and O–H groups in total. The molecule has 0 aliphatic carbocycles. The number of nitrogens with zero attached hydrogens (tertiary/aromatic N) is 2. The van der Waals surface area contributed by atoms with E-state index in [9.17, 15) is 0 Å². The van der Waals surface area contributed by atoms with Crippen molar-refractivity contribution >= 4 is 11.4 Å². The third-order valence-corrected chi connectivity index (χ3v) is 6.53. The van der Waals surface area contributed by atoms with Crippen molar-refractivity contribution in [2.24, 2.45) is 10.2 Å². The van der Waals surface area contributed by atoms with Crippen LogP contribution >= 0.6 is 0 Å². The Balaban J connectivity index is 2.45. The third kappa shape index (κ3) is 2.63. The van der Waals surface area contributed by atoms with E-state index in [4.69, 9.17) is 5.10 Å². The summed E-state index contributed by atoms with van der Waals surface area (Å²) in [7, 11) is 0. The Morgan fingerprint density at radius 1 is 0.692 bits per heavy atom. The van der Waals surface area contributed by atoms with Gasteiger partial charge in [-0.1, -0.05) is 26.0 Å². The molecule has 0 radical (unpaired) electrons. The minimum atomic E-state index is -0.145. The molecule has 0 atom stereocenters. The fourth-order valence-electron chi connectivity index (χ4n) is 3.96. The summed E-state index contributed by atoms with van der Waals surface area (Å²) in [6, 6.07) is 6.60. The van der Waals surface area contributed by atoms with Crippen LogP contribution in [0.25, 0.3) is 0 Å². The van der Waals surface area contributed by atoms with E-state index in [1.807, 2.05) is 0 Å². The summed E-state index contributed by atoms with van der Waals surface area (Å²) in [6.45, 7) is 19.9. The fourth-order valence-corrected chi connectivity index (χ4v) is 3.96. The topological polar surface area (TPSA) is 24.7 Å². The van der Waals surface area contributed by atoms with Crippen molar-refractivity contribution in [1.29, 1.82) is 0 Å². The number of rotatable bonds is 1. The van der Waals surface area contributed by atoms with Gasteiger partial charge >= 0.3 is 0 Å². The molecule has 0 unspecified atom stereocenters. The number of fused-ring (bicyclic) bond motifs is 1. The molecule has 2 heteroatoms. The van der Waals surface area contributed by atoms with Gasteiger partial charge in [0.05, 0.1) is 0 Å². The van der Waals surface area contributed by atoms with Crippen molar-refractivity contribution in [2.45, 2.75) is 67.7 Å². The summed E-state index contributed by atoms with van der Waals surface area (Å²) in [5, 5.41) is 9.41. The van der Waals surface area contributed by atoms with Crippen LogP contribution in [0.3, 0.4) is 0 Å². The van der Waals surface area contributed by atoms with Gasteiger partial charge in [-0.05, 0) is 93.5 Å². The first-order valence-electron chi connectivity index (χ1n) is 9.39. The van der Waals surface area contributed by atoms with E-state index in [1.54, 1.807) is 0 Å². The standard InChI is InChI=1S/C24H30N2/c1-13-10-11-20(12-14(13)2)23-21-17(5)15(3)16(4)18(6)22(21)24(8,9)19(7)25-26-23/h10-12H,1-9H3. The Morgan fingerprint density at radius 3 is 1.92 bits per heavy atom. The predicted molar refractivity (Wildman–Crippen MR) is 113 cm³/mol. The van der Waals surface area contributed by atoms with E-state index < -0.39 is 0 Å². The zero-order valence-electron chi connectivity index (χ0n) is 17.6. The first-order chi connectivity index (χ1) is 12.1. The highest BCUT2D eigenvalue weighted by Gasteiger charge is 2.35. The predicted octanol–water partition coefficient (Wildman–Crippen LogP) is 6.04. The molecule has 26 heavy (non-hydrogen) atoms. The van der Waals surface area contributed by atoms with Gasteiger partial charge in [0.2, 0.25) is 0 Å². The van der Waals surface area contributed by atoms with Crippen LogP contribution in [0.1, 0.15) is 70.8 Å². The molecule has 0 spiro atoms.